The number of piperidine rings is 1. The molecule has 2 rings (SSSR count). The first-order chi connectivity index (χ1) is 10.1. The molecule has 1 aliphatic heterocycles. The Balaban J connectivity index is 1.68. The highest BCUT2D eigenvalue weighted by Gasteiger charge is 2.14. The van der Waals surface area contributed by atoms with Crippen LogP contribution in [0, 0.1) is 5.82 Å². The van der Waals surface area contributed by atoms with Crippen LogP contribution in [0.2, 0.25) is 0 Å². The van der Waals surface area contributed by atoms with Gasteiger partial charge in [-0.1, -0.05) is 6.42 Å². The molecule has 0 spiro atoms. The highest BCUT2D eigenvalue weighted by molar-refractivity contribution is 5.94. The van der Waals surface area contributed by atoms with Crippen LogP contribution < -0.4 is 10.6 Å². The summed E-state index contributed by atoms with van der Waals surface area (Å²) in [5, 5.41) is 5.19. The lowest BCUT2D eigenvalue weighted by atomic mass is 10.1. The normalized spacial score (nSPS) is 15.5. The first-order valence-electron chi connectivity index (χ1n) is 7.18. The molecule has 0 bridgehead atoms. The molecule has 1 heterocycles. The maximum Gasteiger partial charge on any atom is 0.243 e. The molecule has 0 radical (unpaired) electrons. The quantitative estimate of drug-likeness (QED) is 0.862. The molecule has 0 atom stereocenters. The summed E-state index contributed by atoms with van der Waals surface area (Å²) in [7, 11) is 0. The van der Waals surface area contributed by atoms with Crippen molar-refractivity contribution in [3.05, 3.63) is 30.1 Å². The Bertz CT molecular complexity index is 484. The fraction of sp³-hybridized carbons (Fsp3) is 0.467. The van der Waals surface area contributed by atoms with Gasteiger partial charge in [0.15, 0.2) is 0 Å². The van der Waals surface area contributed by atoms with Crippen LogP contribution >= 0.6 is 0 Å². The van der Waals surface area contributed by atoms with Crippen LogP contribution in [0.5, 0.6) is 0 Å². The Morgan fingerprint density at radius 3 is 2.38 bits per heavy atom. The second-order valence-corrected chi connectivity index (χ2v) is 5.17. The molecule has 1 aromatic carbocycles. The standard InChI is InChI=1S/C15H20FN3O2/c16-12-4-6-13(7-5-12)18-14(20)10-17-15(21)11-19-8-2-1-3-9-19/h4-7H,1-3,8-11H2,(H,17,21)(H,18,20). The molecule has 5 nitrogen and oxygen atoms in total. The van der Waals surface area contributed by atoms with Crippen LogP contribution in [-0.4, -0.2) is 42.9 Å². The van der Waals surface area contributed by atoms with Gasteiger partial charge in [0, 0.05) is 5.69 Å². The van der Waals surface area contributed by atoms with Gasteiger partial charge in [-0.15, -0.1) is 0 Å². The third-order valence-corrected chi connectivity index (χ3v) is 3.39. The molecule has 114 valence electrons. The fourth-order valence-electron chi connectivity index (χ4n) is 2.29. The summed E-state index contributed by atoms with van der Waals surface area (Å²) in [6.07, 6.45) is 3.47. The summed E-state index contributed by atoms with van der Waals surface area (Å²) in [6, 6.07) is 5.49. The van der Waals surface area contributed by atoms with Crippen LogP contribution in [0.4, 0.5) is 10.1 Å². The van der Waals surface area contributed by atoms with Crippen molar-refractivity contribution in [2.45, 2.75) is 19.3 Å². The number of hydrogen-bond donors (Lipinski definition) is 2. The summed E-state index contributed by atoms with van der Waals surface area (Å²) >= 11 is 0. The summed E-state index contributed by atoms with van der Waals surface area (Å²) in [5.74, 6) is -0.831. The van der Waals surface area contributed by atoms with Crippen LogP contribution in [-0.2, 0) is 9.59 Å². The van der Waals surface area contributed by atoms with Crippen LogP contribution in [0.1, 0.15) is 19.3 Å². The first-order valence-corrected chi connectivity index (χ1v) is 7.18. The Hall–Kier alpha value is -1.95. The Morgan fingerprint density at radius 1 is 1.05 bits per heavy atom. The van der Waals surface area contributed by atoms with E-state index in [-0.39, 0.29) is 24.2 Å². The molecule has 1 aromatic rings. The lowest BCUT2D eigenvalue weighted by Gasteiger charge is -2.25. The second-order valence-electron chi connectivity index (χ2n) is 5.17. The Morgan fingerprint density at radius 2 is 1.71 bits per heavy atom. The van der Waals surface area contributed by atoms with Crippen molar-refractivity contribution in [2.75, 3.05) is 31.5 Å². The SMILES string of the molecule is O=C(CN1CCCCC1)NCC(=O)Nc1ccc(F)cc1. The number of halogens is 1. The van der Waals surface area contributed by atoms with E-state index in [1.165, 1.54) is 30.7 Å². The minimum absolute atomic E-state index is 0.0793. The number of hydrogen-bond acceptors (Lipinski definition) is 3. The minimum Gasteiger partial charge on any atom is -0.346 e. The van der Waals surface area contributed by atoms with Gasteiger partial charge in [-0.2, -0.15) is 0 Å². The number of benzene rings is 1. The molecule has 2 N–H and O–H groups in total. The van der Waals surface area contributed by atoms with E-state index in [0.29, 0.717) is 12.2 Å². The fourth-order valence-corrected chi connectivity index (χ4v) is 2.29. The number of likely N-dealkylation sites (tertiary alicyclic amines) is 1. The van der Waals surface area contributed by atoms with Gasteiger partial charge in [-0.3, -0.25) is 14.5 Å². The number of rotatable bonds is 5. The zero-order valence-electron chi connectivity index (χ0n) is 11.9. The molecule has 1 fully saturated rings. The maximum atomic E-state index is 12.7. The van der Waals surface area contributed by atoms with E-state index in [1.807, 2.05) is 0 Å². The van der Waals surface area contributed by atoms with E-state index in [0.717, 1.165) is 25.9 Å². The molecule has 1 saturated heterocycles. The molecule has 0 unspecified atom stereocenters. The Labute approximate surface area is 123 Å². The van der Waals surface area contributed by atoms with Gasteiger partial charge < -0.3 is 10.6 Å². The second kappa shape index (κ2) is 7.73. The highest BCUT2D eigenvalue weighted by atomic mass is 19.1. The van der Waals surface area contributed by atoms with Gasteiger partial charge in [-0.05, 0) is 50.2 Å². The first kappa shape index (κ1) is 15.4. The minimum atomic E-state index is -0.358. The van der Waals surface area contributed by atoms with E-state index in [4.69, 9.17) is 0 Å². The number of carbonyl (C=O) groups is 2. The number of carbonyl (C=O) groups excluding carboxylic acids is 2. The summed E-state index contributed by atoms with van der Waals surface area (Å²) in [6.45, 7) is 2.14. The van der Waals surface area contributed by atoms with Crippen molar-refractivity contribution in [1.29, 1.82) is 0 Å². The summed E-state index contributed by atoms with van der Waals surface area (Å²) in [4.78, 5) is 25.5. The van der Waals surface area contributed by atoms with Crippen molar-refractivity contribution in [1.82, 2.24) is 10.2 Å². The summed E-state index contributed by atoms with van der Waals surface area (Å²) < 4.78 is 12.7. The average molecular weight is 293 g/mol. The molecule has 0 aromatic heterocycles. The molecular formula is C15H20FN3O2. The van der Waals surface area contributed by atoms with Gasteiger partial charge >= 0.3 is 0 Å². The molecule has 1 aliphatic rings. The maximum absolute atomic E-state index is 12.7. The summed E-state index contributed by atoms with van der Waals surface area (Å²) in [5.41, 5.74) is 0.506. The average Bonchev–Trinajstić information content (AvgIpc) is 2.49. The lowest BCUT2D eigenvalue weighted by Crippen LogP contribution is -2.42. The van der Waals surface area contributed by atoms with Crippen LogP contribution in [0.25, 0.3) is 0 Å². The molecule has 2 amide bonds. The third-order valence-electron chi connectivity index (χ3n) is 3.39. The number of nitrogens with zero attached hydrogens (tertiary/aromatic N) is 1. The largest absolute Gasteiger partial charge is 0.346 e. The number of anilines is 1. The third kappa shape index (κ3) is 5.51. The predicted octanol–water partition coefficient (Wildman–Crippen LogP) is 1.37. The molecule has 21 heavy (non-hydrogen) atoms. The van der Waals surface area contributed by atoms with Crippen molar-refractivity contribution in [3.63, 3.8) is 0 Å². The predicted molar refractivity (Wildman–Crippen MR) is 78.3 cm³/mol. The van der Waals surface area contributed by atoms with Gasteiger partial charge in [0.2, 0.25) is 11.8 Å². The van der Waals surface area contributed by atoms with Crippen molar-refractivity contribution < 1.29 is 14.0 Å². The van der Waals surface area contributed by atoms with Gasteiger partial charge in [0.05, 0.1) is 13.1 Å². The number of nitrogens with one attached hydrogen (secondary N) is 2. The van der Waals surface area contributed by atoms with Gasteiger partial charge in [0.1, 0.15) is 5.82 Å². The van der Waals surface area contributed by atoms with Crippen molar-refractivity contribution >= 4 is 17.5 Å². The number of amides is 2. The highest BCUT2D eigenvalue weighted by Crippen LogP contribution is 2.08. The monoisotopic (exact) mass is 293 g/mol. The van der Waals surface area contributed by atoms with E-state index in [2.05, 4.69) is 15.5 Å². The van der Waals surface area contributed by atoms with E-state index in [9.17, 15) is 14.0 Å². The Kier molecular flexibility index (Phi) is 5.68. The topological polar surface area (TPSA) is 61.4 Å². The molecule has 6 heteroatoms. The van der Waals surface area contributed by atoms with Crippen LogP contribution in [0.3, 0.4) is 0 Å². The zero-order chi connectivity index (χ0) is 15.1. The smallest absolute Gasteiger partial charge is 0.243 e. The van der Waals surface area contributed by atoms with Gasteiger partial charge in [-0.25, -0.2) is 4.39 Å². The van der Waals surface area contributed by atoms with E-state index >= 15 is 0 Å². The molecular weight excluding hydrogens is 273 g/mol. The van der Waals surface area contributed by atoms with Crippen molar-refractivity contribution in [3.8, 4) is 0 Å². The molecule has 0 aliphatic carbocycles. The van der Waals surface area contributed by atoms with E-state index < -0.39 is 0 Å². The van der Waals surface area contributed by atoms with Crippen LogP contribution in [0.15, 0.2) is 24.3 Å². The molecule has 0 saturated carbocycles. The zero-order valence-corrected chi connectivity index (χ0v) is 11.9. The van der Waals surface area contributed by atoms with Crippen molar-refractivity contribution in [2.24, 2.45) is 0 Å². The van der Waals surface area contributed by atoms with Gasteiger partial charge in [0.25, 0.3) is 0 Å². The lowest BCUT2D eigenvalue weighted by molar-refractivity contribution is -0.125. The van der Waals surface area contributed by atoms with E-state index in [1.54, 1.807) is 0 Å².